The van der Waals surface area contributed by atoms with E-state index in [-0.39, 0.29) is 23.0 Å². The van der Waals surface area contributed by atoms with Gasteiger partial charge in [-0.1, -0.05) is 18.2 Å². The number of carbonyl (C=O) groups excluding carboxylic acids is 1. The van der Waals surface area contributed by atoms with Crippen molar-refractivity contribution in [1.29, 1.82) is 0 Å². The van der Waals surface area contributed by atoms with Gasteiger partial charge >= 0.3 is 0 Å². The standard InChI is InChI=1S/C20H25N3O5S2/c1-14(29-17-11-9-16(10-12-17)23(25)26)19(24)21-13-15-7-5-6-8-18(15)30(27,28)22-20(2,3)4/h5-12,14,22H,13H2,1-4H3,(H,21,24). The van der Waals surface area contributed by atoms with Crippen molar-refractivity contribution in [2.24, 2.45) is 0 Å². The normalized spacial score (nSPS) is 12.9. The van der Waals surface area contributed by atoms with Crippen molar-refractivity contribution in [3.63, 3.8) is 0 Å². The highest BCUT2D eigenvalue weighted by Gasteiger charge is 2.24. The van der Waals surface area contributed by atoms with Crippen LogP contribution in [0.3, 0.4) is 0 Å². The van der Waals surface area contributed by atoms with Gasteiger partial charge in [0.05, 0.1) is 15.1 Å². The summed E-state index contributed by atoms with van der Waals surface area (Å²) in [6.45, 7) is 7.04. The van der Waals surface area contributed by atoms with Crippen molar-refractivity contribution in [3.05, 3.63) is 64.2 Å². The number of nitro benzene ring substituents is 1. The van der Waals surface area contributed by atoms with E-state index in [1.165, 1.54) is 30.0 Å². The Bertz CT molecular complexity index is 1020. The zero-order valence-electron chi connectivity index (χ0n) is 17.2. The Morgan fingerprint density at radius 1 is 1.13 bits per heavy atom. The highest BCUT2D eigenvalue weighted by atomic mass is 32.2. The number of sulfonamides is 1. The molecule has 0 saturated heterocycles. The summed E-state index contributed by atoms with van der Waals surface area (Å²) in [6.07, 6.45) is 0. The number of hydrogen-bond donors (Lipinski definition) is 2. The topological polar surface area (TPSA) is 118 Å². The molecule has 1 atom stereocenters. The first-order valence-electron chi connectivity index (χ1n) is 9.20. The Morgan fingerprint density at radius 3 is 2.30 bits per heavy atom. The average Bonchev–Trinajstić information content (AvgIpc) is 2.64. The smallest absolute Gasteiger partial charge is 0.269 e. The van der Waals surface area contributed by atoms with Gasteiger partial charge in [0.2, 0.25) is 15.9 Å². The third-order valence-electron chi connectivity index (χ3n) is 3.89. The molecule has 1 unspecified atom stereocenters. The van der Waals surface area contributed by atoms with Crippen LogP contribution in [0.15, 0.2) is 58.3 Å². The van der Waals surface area contributed by atoms with Crippen LogP contribution in [-0.2, 0) is 21.4 Å². The molecule has 0 aliphatic heterocycles. The molecule has 0 spiro atoms. The molecule has 2 N–H and O–H groups in total. The Morgan fingerprint density at radius 2 is 1.73 bits per heavy atom. The van der Waals surface area contributed by atoms with E-state index in [9.17, 15) is 23.3 Å². The molecule has 0 radical (unpaired) electrons. The van der Waals surface area contributed by atoms with Gasteiger partial charge < -0.3 is 5.32 Å². The Labute approximate surface area is 180 Å². The van der Waals surface area contributed by atoms with E-state index in [0.717, 1.165) is 4.90 Å². The molecular weight excluding hydrogens is 426 g/mol. The summed E-state index contributed by atoms with van der Waals surface area (Å²) in [5, 5.41) is 13.0. The fourth-order valence-corrected chi connectivity index (χ4v) is 5.15. The first-order valence-corrected chi connectivity index (χ1v) is 11.6. The molecule has 30 heavy (non-hydrogen) atoms. The second-order valence-electron chi connectivity index (χ2n) is 7.69. The van der Waals surface area contributed by atoms with Gasteiger partial charge in [0, 0.05) is 29.1 Å². The van der Waals surface area contributed by atoms with E-state index in [0.29, 0.717) is 5.56 Å². The van der Waals surface area contributed by atoms with Crippen LogP contribution in [0.25, 0.3) is 0 Å². The van der Waals surface area contributed by atoms with E-state index in [1.54, 1.807) is 58.0 Å². The largest absolute Gasteiger partial charge is 0.351 e. The van der Waals surface area contributed by atoms with E-state index in [4.69, 9.17) is 0 Å². The zero-order chi connectivity index (χ0) is 22.5. The fraction of sp³-hybridized carbons (Fsp3) is 0.350. The number of hydrogen-bond acceptors (Lipinski definition) is 6. The van der Waals surface area contributed by atoms with Gasteiger partial charge in [0.1, 0.15) is 0 Å². The SMILES string of the molecule is CC(Sc1ccc([N+](=O)[O-])cc1)C(=O)NCc1ccccc1S(=O)(=O)NC(C)(C)C. The third kappa shape index (κ3) is 6.82. The zero-order valence-corrected chi connectivity index (χ0v) is 18.8. The van der Waals surface area contributed by atoms with Crippen LogP contribution in [0, 0.1) is 10.1 Å². The molecule has 0 aliphatic rings. The average molecular weight is 452 g/mol. The second-order valence-corrected chi connectivity index (χ2v) is 10.8. The van der Waals surface area contributed by atoms with Gasteiger partial charge in [-0.15, -0.1) is 11.8 Å². The van der Waals surface area contributed by atoms with Crippen LogP contribution < -0.4 is 10.0 Å². The molecule has 2 aromatic rings. The highest BCUT2D eigenvalue weighted by Crippen LogP contribution is 2.25. The van der Waals surface area contributed by atoms with Crippen LogP contribution >= 0.6 is 11.8 Å². The summed E-state index contributed by atoms with van der Waals surface area (Å²) in [6, 6.07) is 12.5. The maximum absolute atomic E-state index is 12.7. The fourth-order valence-electron chi connectivity index (χ4n) is 2.60. The summed E-state index contributed by atoms with van der Waals surface area (Å²) in [5.74, 6) is -0.269. The van der Waals surface area contributed by atoms with E-state index < -0.39 is 25.7 Å². The lowest BCUT2D eigenvalue weighted by Crippen LogP contribution is -2.41. The number of benzene rings is 2. The lowest BCUT2D eigenvalue weighted by Gasteiger charge is -2.21. The van der Waals surface area contributed by atoms with Gasteiger partial charge in [-0.2, -0.15) is 0 Å². The molecule has 0 saturated carbocycles. The minimum absolute atomic E-state index is 0.0156. The Hall–Kier alpha value is -2.43. The molecule has 162 valence electrons. The summed E-state index contributed by atoms with van der Waals surface area (Å²) >= 11 is 1.26. The van der Waals surface area contributed by atoms with Crippen LogP contribution in [-0.4, -0.2) is 30.0 Å². The lowest BCUT2D eigenvalue weighted by atomic mass is 10.1. The third-order valence-corrected chi connectivity index (χ3v) is 6.86. The van der Waals surface area contributed by atoms with E-state index >= 15 is 0 Å². The van der Waals surface area contributed by atoms with Crippen molar-refractivity contribution in [2.75, 3.05) is 0 Å². The van der Waals surface area contributed by atoms with Gasteiger partial charge in [0.25, 0.3) is 5.69 Å². The van der Waals surface area contributed by atoms with Crippen molar-refractivity contribution < 1.29 is 18.1 Å². The van der Waals surface area contributed by atoms with E-state index in [1.807, 2.05) is 0 Å². The first kappa shape index (κ1) is 23.8. The predicted octanol–water partition coefficient (Wildman–Crippen LogP) is 3.47. The summed E-state index contributed by atoms with van der Waals surface area (Å²) in [4.78, 5) is 23.6. The molecule has 0 bridgehead atoms. The maximum atomic E-state index is 12.7. The minimum atomic E-state index is -3.74. The molecule has 0 fully saturated rings. The summed E-state index contributed by atoms with van der Waals surface area (Å²) in [7, 11) is -3.74. The molecule has 2 aromatic carbocycles. The molecule has 8 nitrogen and oxygen atoms in total. The first-order chi connectivity index (χ1) is 13.9. The molecular formula is C20H25N3O5S2. The Kier molecular flexibility index (Phi) is 7.62. The maximum Gasteiger partial charge on any atom is 0.269 e. The number of rotatable bonds is 8. The quantitative estimate of drug-likeness (QED) is 0.360. The molecule has 0 aliphatic carbocycles. The minimum Gasteiger partial charge on any atom is -0.351 e. The number of nitrogens with zero attached hydrogens (tertiary/aromatic N) is 1. The molecule has 0 heterocycles. The van der Waals surface area contributed by atoms with Crippen molar-refractivity contribution >= 4 is 33.4 Å². The van der Waals surface area contributed by atoms with Gasteiger partial charge in [-0.3, -0.25) is 14.9 Å². The monoisotopic (exact) mass is 451 g/mol. The molecule has 10 heteroatoms. The predicted molar refractivity (Wildman–Crippen MR) is 117 cm³/mol. The van der Waals surface area contributed by atoms with E-state index in [2.05, 4.69) is 10.0 Å². The van der Waals surface area contributed by atoms with Gasteiger partial charge in [-0.05, 0) is 51.5 Å². The number of amides is 1. The van der Waals surface area contributed by atoms with Crippen LogP contribution in [0.2, 0.25) is 0 Å². The summed E-state index contributed by atoms with van der Waals surface area (Å²) in [5.41, 5.74) is -0.168. The van der Waals surface area contributed by atoms with Crippen LogP contribution in [0.1, 0.15) is 33.3 Å². The Balaban J connectivity index is 2.05. The molecule has 2 rings (SSSR count). The summed E-state index contributed by atoms with van der Waals surface area (Å²) < 4.78 is 28.0. The second kappa shape index (κ2) is 9.59. The number of thioether (sulfide) groups is 1. The lowest BCUT2D eigenvalue weighted by molar-refractivity contribution is -0.384. The molecule has 1 amide bonds. The number of carbonyl (C=O) groups is 1. The van der Waals surface area contributed by atoms with Crippen LogP contribution in [0.5, 0.6) is 0 Å². The van der Waals surface area contributed by atoms with Gasteiger partial charge in [0.15, 0.2) is 0 Å². The number of nitro groups is 1. The number of non-ortho nitro benzene ring substituents is 1. The van der Waals surface area contributed by atoms with Gasteiger partial charge in [-0.25, -0.2) is 13.1 Å². The number of nitrogens with one attached hydrogen (secondary N) is 2. The van der Waals surface area contributed by atoms with Crippen LogP contribution in [0.4, 0.5) is 5.69 Å². The highest BCUT2D eigenvalue weighted by molar-refractivity contribution is 8.00. The van der Waals surface area contributed by atoms with Crippen molar-refractivity contribution in [1.82, 2.24) is 10.0 Å². The van der Waals surface area contributed by atoms with Crippen molar-refractivity contribution in [2.45, 2.75) is 54.8 Å². The molecule has 0 aromatic heterocycles. The van der Waals surface area contributed by atoms with Crippen molar-refractivity contribution in [3.8, 4) is 0 Å².